The van der Waals surface area contributed by atoms with Gasteiger partial charge in [0, 0.05) is 12.5 Å². The van der Waals surface area contributed by atoms with Crippen molar-refractivity contribution in [3.8, 4) is 0 Å². The highest BCUT2D eigenvalue weighted by molar-refractivity contribution is 5.92. The molecule has 2 atom stereocenters. The number of hydrogen-bond acceptors (Lipinski definition) is 3. The molecule has 4 nitrogen and oxygen atoms in total. The molecule has 2 aromatic carbocycles. The summed E-state index contributed by atoms with van der Waals surface area (Å²) in [4.78, 5) is 24.4. The number of benzene rings is 2. The van der Waals surface area contributed by atoms with Gasteiger partial charge in [-0.1, -0.05) is 55.0 Å². The molecular formula is C21H25NO3. The third kappa shape index (κ3) is 5.45. The van der Waals surface area contributed by atoms with Gasteiger partial charge in [-0.25, -0.2) is 4.79 Å². The first kappa shape index (κ1) is 18.7. The van der Waals surface area contributed by atoms with Crippen molar-refractivity contribution < 1.29 is 14.3 Å². The molecule has 1 amide bonds. The summed E-state index contributed by atoms with van der Waals surface area (Å²) in [7, 11) is 0. The summed E-state index contributed by atoms with van der Waals surface area (Å²) in [5, 5.41) is 2.88. The zero-order valence-electron chi connectivity index (χ0n) is 15.0. The summed E-state index contributed by atoms with van der Waals surface area (Å²) >= 11 is 0. The number of esters is 1. The molecule has 0 unspecified atom stereocenters. The van der Waals surface area contributed by atoms with Crippen molar-refractivity contribution in [2.24, 2.45) is 0 Å². The second-order valence-electron chi connectivity index (χ2n) is 6.18. The Hall–Kier alpha value is -2.62. The fourth-order valence-corrected chi connectivity index (χ4v) is 2.64. The van der Waals surface area contributed by atoms with Gasteiger partial charge in [-0.2, -0.15) is 0 Å². The Bertz CT molecular complexity index is 712. The quantitative estimate of drug-likeness (QED) is 0.780. The second kappa shape index (κ2) is 9.02. The van der Waals surface area contributed by atoms with Crippen LogP contribution in [0.3, 0.4) is 0 Å². The molecule has 0 fully saturated rings. The highest BCUT2D eigenvalue weighted by atomic mass is 16.5. The highest BCUT2D eigenvalue weighted by Gasteiger charge is 2.20. The van der Waals surface area contributed by atoms with Crippen molar-refractivity contribution in [1.29, 1.82) is 0 Å². The lowest BCUT2D eigenvalue weighted by Gasteiger charge is -2.18. The molecule has 2 aromatic rings. The number of carbonyl (C=O) groups is 2. The van der Waals surface area contributed by atoms with Crippen LogP contribution in [0.15, 0.2) is 54.6 Å². The molecule has 0 saturated carbocycles. The van der Waals surface area contributed by atoms with E-state index in [-0.39, 0.29) is 11.8 Å². The predicted molar refractivity (Wildman–Crippen MR) is 98.5 cm³/mol. The molecule has 0 radical (unpaired) electrons. The van der Waals surface area contributed by atoms with Crippen molar-refractivity contribution >= 4 is 11.9 Å². The minimum atomic E-state index is -0.832. The highest BCUT2D eigenvalue weighted by Crippen LogP contribution is 2.18. The minimum absolute atomic E-state index is 0.241. The lowest BCUT2D eigenvalue weighted by atomic mass is 9.96. The number of aryl methyl sites for hydroxylation is 1. The van der Waals surface area contributed by atoms with Gasteiger partial charge < -0.3 is 10.1 Å². The number of nitrogens with one attached hydrogen (secondary N) is 1. The van der Waals surface area contributed by atoms with E-state index in [1.54, 1.807) is 25.1 Å². The van der Waals surface area contributed by atoms with Crippen LogP contribution in [0.4, 0.5) is 0 Å². The summed E-state index contributed by atoms with van der Waals surface area (Å²) in [6, 6.07) is 17.2. The summed E-state index contributed by atoms with van der Waals surface area (Å²) in [5.41, 5.74) is 2.62. The smallest absolute Gasteiger partial charge is 0.338 e. The van der Waals surface area contributed by atoms with Crippen LogP contribution in [0, 0.1) is 6.92 Å². The van der Waals surface area contributed by atoms with E-state index in [4.69, 9.17) is 4.74 Å². The minimum Gasteiger partial charge on any atom is -0.449 e. The van der Waals surface area contributed by atoms with Gasteiger partial charge in [0.25, 0.3) is 5.91 Å². The van der Waals surface area contributed by atoms with Crippen LogP contribution in [0.25, 0.3) is 0 Å². The van der Waals surface area contributed by atoms with E-state index < -0.39 is 12.1 Å². The fourth-order valence-electron chi connectivity index (χ4n) is 2.64. The molecule has 2 rings (SSSR count). The lowest BCUT2D eigenvalue weighted by molar-refractivity contribution is -0.129. The number of rotatable bonds is 7. The van der Waals surface area contributed by atoms with E-state index >= 15 is 0 Å². The molecular weight excluding hydrogens is 314 g/mol. The van der Waals surface area contributed by atoms with Gasteiger partial charge in [0.2, 0.25) is 0 Å². The van der Waals surface area contributed by atoms with E-state index in [0.29, 0.717) is 12.1 Å². The number of amides is 1. The second-order valence-corrected chi connectivity index (χ2v) is 6.18. The number of ether oxygens (including phenoxy) is 1. The van der Waals surface area contributed by atoms with Crippen LogP contribution in [0.5, 0.6) is 0 Å². The summed E-state index contributed by atoms with van der Waals surface area (Å²) in [6.07, 6.45) is 0.0863. The van der Waals surface area contributed by atoms with Crippen molar-refractivity contribution in [2.45, 2.75) is 39.2 Å². The Balaban J connectivity index is 1.88. The van der Waals surface area contributed by atoms with Crippen molar-refractivity contribution in [3.63, 3.8) is 0 Å². The fraction of sp³-hybridized carbons (Fsp3) is 0.333. The average molecular weight is 339 g/mol. The standard InChI is InChI=1S/C21H25NO3/c1-4-17(18-10-6-5-7-11-18)14-22-20(23)16(3)25-21(24)19-12-8-9-15(2)13-19/h5-13,16-17H,4,14H2,1-3H3,(H,22,23)/t16-,17+/m0/s1. The van der Waals surface area contributed by atoms with Crippen LogP contribution in [0.2, 0.25) is 0 Å². The van der Waals surface area contributed by atoms with E-state index in [1.807, 2.05) is 31.2 Å². The maximum Gasteiger partial charge on any atom is 0.338 e. The zero-order valence-corrected chi connectivity index (χ0v) is 15.0. The molecule has 0 bridgehead atoms. The molecule has 0 aliphatic rings. The first-order valence-corrected chi connectivity index (χ1v) is 8.61. The summed E-state index contributed by atoms with van der Waals surface area (Å²) in [5.74, 6) is -0.526. The number of hydrogen-bond donors (Lipinski definition) is 1. The Kier molecular flexibility index (Phi) is 6.75. The number of carbonyl (C=O) groups excluding carboxylic acids is 2. The van der Waals surface area contributed by atoms with Gasteiger partial charge in [-0.05, 0) is 38.0 Å². The topological polar surface area (TPSA) is 55.4 Å². The molecule has 0 saturated heterocycles. The third-order valence-corrected chi connectivity index (χ3v) is 4.19. The average Bonchev–Trinajstić information content (AvgIpc) is 2.62. The molecule has 132 valence electrons. The Morgan fingerprint density at radius 3 is 2.44 bits per heavy atom. The first-order chi connectivity index (χ1) is 12.0. The molecule has 1 N–H and O–H groups in total. The van der Waals surface area contributed by atoms with Gasteiger partial charge in [0.1, 0.15) is 0 Å². The Morgan fingerprint density at radius 1 is 1.08 bits per heavy atom. The molecule has 25 heavy (non-hydrogen) atoms. The summed E-state index contributed by atoms with van der Waals surface area (Å²) < 4.78 is 5.27. The predicted octanol–water partition coefficient (Wildman–Crippen LogP) is 3.85. The van der Waals surface area contributed by atoms with Crippen LogP contribution < -0.4 is 5.32 Å². The molecule has 0 aliphatic carbocycles. The van der Waals surface area contributed by atoms with Gasteiger partial charge >= 0.3 is 5.97 Å². The largest absolute Gasteiger partial charge is 0.449 e. The van der Waals surface area contributed by atoms with Crippen molar-refractivity contribution in [3.05, 3.63) is 71.3 Å². The van der Waals surface area contributed by atoms with Crippen molar-refractivity contribution in [2.75, 3.05) is 6.54 Å². The van der Waals surface area contributed by atoms with Gasteiger partial charge in [-0.3, -0.25) is 4.79 Å². The molecule has 0 aliphatic heterocycles. The van der Waals surface area contributed by atoms with Crippen molar-refractivity contribution in [1.82, 2.24) is 5.32 Å². The zero-order chi connectivity index (χ0) is 18.2. The normalized spacial score (nSPS) is 12.9. The summed E-state index contributed by atoms with van der Waals surface area (Å²) in [6.45, 7) is 6.10. The Morgan fingerprint density at radius 2 is 1.80 bits per heavy atom. The van der Waals surface area contributed by atoms with Gasteiger partial charge in [-0.15, -0.1) is 0 Å². The molecule has 0 heterocycles. The maximum absolute atomic E-state index is 12.2. The van der Waals surface area contributed by atoms with Gasteiger partial charge in [0.15, 0.2) is 6.10 Å². The van der Waals surface area contributed by atoms with E-state index in [1.165, 1.54) is 5.56 Å². The molecule has 4 heteroatoms. The van der Waals surface area contributed by atoms with E-state index in [2.05, 4.69) is 24.4 Å². The monoisotopic (exact) mass is 339 g/mol. The molecule has 0 spiro atoms. The lowest BCUT2D eigenvalue weighted by Crippen LogP contribution is -2.38. The maximum atomic E-state index is 12.2. The SMILES string of the molecule is CC[C@H](CNC(=O)[C@H](C)OC(=O)c1cccc(C)c1)c1ccccc1. The third-order valence-electron chi connectivity index (χ3n) is 4.19. The van der Waals surface area contributed by atoms with Crippen LogP contribution in [-0.2, 0) is 9.53 Å². The first-order valence-electron chi connectivity index (χ1n) is 8.61. The van der Waals surface area contributed by atoms with Crippen LogP contribution in [0.1, 0.15) is 47.7 Å². The van der Waals surface area contributed by atoms with Crippen LogP contribution >= 0.6 is 0 Å². The molecule has 0 aromatic heterocycles. The van der Waals surface area contributed by atoms with Gasteiger partial charge in [0.05, 0.1) is 5.56 Å². The van der Waals surface area contributed by atoms with Crippen LogP contribution in [-0.4, -0.2) is 24.5 Å². The van der Waals surface area contributed by atoms with E-state index in [0.717, 1.165) is 12.0 Å². The van der Waals surface area contributed by atoms with E-state index in [9.17, 15) is 9.59 Å². The Labute approximate surface area is 149 Å².